The van der Waals surface area contributed by atoms with Crippen LogP contribution in [0, 0.1) is 0 Å². The minimum atomic E-state index is -2.76. The minimum Gasteiger partial charge on any atom is -0.314 e. The Labute approximate surface area is 75.5 Å². The zero-order valence-electron chi connectivity index (χ0n) is 8.13. The summed E-state index contributed by atoms with van der Waals surface area (Å²) in [6.45, 7) is 6.57. The Morgan fingerprint density at radius 3 is 2.33 bits per heavy atom. The molecule has 0 saturated carbocycles. The van der Waals surface area contributed by atoms with Gasteiger partial charge >= 0.3 is 0 Å². The highest BCUT2D eigenvalue weighted by Gasteiger charge is 2.05. The summed E-state index contributed by atoms with van der Waals surface area (Å²) in [6.07, 6.45) is 0.717. The van der Waals surface area contributed by atoms with Gasteiger partial charge in [-0.1, -0.05) is 20.8 Å². The summed E-state index contributed by atoms with van der Waals surface area (Å²) in [4.78, 5) is 0. The largest absolute Gasteiger partial charge is 0.314 e. The molecule has 0 aromatic rings. The van der Waals surface area contributed by atoms with E-state index in [1.165, 1.54) is 0 Å². The zero-order chi connectivity index (χ0) is 9.61. The Balaban J connectivity index is 3.45. The molecule has 12 heavy (non-hydrogen) atoms. The number of sulfone groups is 1. The van der Waals surface area contributed by atoms with E-state index in [1.807, 2.05) is 13.8 Å². The van der Waals surface area contributed by atoms with Crippen LogP contribution < -0.4 is 5.32 Å². The average molecular weight is 193 g/mol. The molecule has 0 aliphatic carbocycles. The van der Waals surface area contributed by atoms with E-state index in [2.05, 4.69) is 5.32 Å². The normalized spacial score (nSPS) is 12.3. The van der Waals surface area contributed by atoms with Crippen molar-refractivity contribution in [2.75, 3.05) is 18.1 Å². The van der Waals surface area contributed by atoms with Crippen molar-refractivity contribution in [1.82, 2.24) is 5.32 Å². The van der Waals surface area contributed by atoms with Crippen LogP contribution in [0.4, 0.5) is 0 Å². The molecule has 0 spiro atoms. The molecule has 0 aromatic heterocycles. The second-order valence-electron chi connectivity index (χ2n) is 3.20. The summed E-state index contributed by atoms with van der Waals surface area (Å²) < 4.78 is 22.0. The fourth-order valence-electron chi connectivity index (χ4n) is 0.827. The molecule has 0 rings (SSSR count). The van der Waals surface area contributed by atoms with E-state index in [0.29, 0.717) is 18.2 Å². The monoisotopic (exact) mass is 193 g/mol. The third-order valence-electron chi connectivity index (χ3n) is 1.62. The topological polar surface area (TPSA) is 46.2 Å². The molecule has 0 saturated heterocycles. The van der Waals surface area contributed by atoms with Gasteiger partial charge in [-0.2, -0.15) is 0 Å². The number of hydrogen-bond acceptors (Lipinski definition) is 3. The molecule has 0 unspecified atom stereocenters. The smallest absolute Gasteiger partial charge is 0.150 e. The first-order chi connectivity index (χ1) is 5.48. The zero-order valence-corrected chi connectivity index (χ0v) is 8.95. The van der Waals surface area contributed by atoms with Crippen LogP contribution in [0.1, 0.15) is 27.2 Å². The van der Waals surface area contributed by atoms with Gasteiger partial charge in [0, 0.05) is 11.8 Å². The lowest BCUT2D eigenvalue weighted by atomic mass is 10.4. The van der Waals surface area contributed by atoms with Crippen molar-refractivity contribution >= 4 is 9.84 Å². The van der Waals surface area contributed by atoms with Crippen molar-refractivity contribution in [3.8, 4) is 0 Å². The van der Waals surface area contributed by atoms with Crippen LogP contribution in [0.2, 0.25) is 0 Å². The number of nitrogens with one attached hydrogen (secondary N) is 1. The molecule has 74 valence electrons. The van der Waals surface area contributed by atoms with E-state index in [0.717, 1.165) is 6.54 Å². The van der Waals surface area contributed by atoms with Gasteiger partial charge in [0.2, 0.25) is 0 Å². The number of hydrogen-bond donors (Lipinski definition) is 1. The lowest BCUT2D eigenvalue weighted by Gasteiger charge is -2.07. The molecule has 0 aliphatic rings. The van der Waals surface area contributed by atoms with Crippen LogP contribution in [-0.4, -0.2) is 32.5 Å². The minimum absolute atomic E-state index is 0.259. The first-order valence-corrected chi connectivity index (χ1v) is 6.24. The van der Waals surface area contributed by atoms with Gasteiger partial charge in [0.25, 0.3) is 0 Å². The quantitative estimate of drug-likeness (QED) is 0.635. The molecule has 0 aromatic carbocycles. The SMILES string of the molecule is CCS(=O)(=O)CCCNC(C)C. The maximum absolute atomic E-state index is 11.0. The maximum Gasteiger partial charge on any atom is 0.150 e. The van der Waals surface area contributed by atoms with Gasteiger partial charge in [-0.15, -0.1) is 0 Å². The maximum atomic E-state index is 11.0. The fraction of sp³-hybridized carbons (Fsp3) is 1.00. The highest BCUT2D eigenvalue weighted by Crippen LogP contribution is 1.92. The molecule has 4 heteroatoms. The second kappa shape index (κ2) is 5.54. The summed E-state index contributed by atoms with van der Waals surface area (Å²) in [5, 5.41) is 3.18. The van der Waals surface area contributed by atoms with Gasteiger partial charge in [-0.25, -0.2) is 8.42 Å². The summed E-state index contributed by atoms with van der Waals surface area (Å²) in [5.41, 5.74) is 0. The third-order valence-corrected chi connectivity index (χ3v) is 3.41. The molecule has 0 heterocycles. The van der Waals surface area contributed by atoms with E-state index in [4.69, 9.17) is 0 Å². The van der Waals surface area contributed by atoms with Gasteiger partial charge in [-0.3, -0.25) is 0 Å². The van der Waals surface area contributed by atoms with E-state index in [9.17, 15) is 8.42 Å². The Morgan fingerprint density at radius 1 is 1.33 bits per heavy atom. The van der Waals surface area contributed by atoms with Crippen molar-refractivity contribution in [3.05, 3.63) is 0 Å². The van der Waals surface area contributed by atoms with Crippen molar-refractivity contribution < 1.29 is 8.42 Å². The molecule has 0 amide bonds. The van der Waals surface area contributed by atoms with E-state index >= 15 is 0 Å². The van der Waals surface area contributed by atoms with Crippen LogP contribution >= 0.6 is 0 Å². The van der Waals surface area contributed by atoms with Crippen LogP contribution in [0.25, 0.3) is 0 Å². The van der Waals surface area contributed by atoms with Crippen LogP contribution in [0.5, 0.6) is 0 Å². The molecular weight excluding hydrogens is 174 g/mol. The van der Waals surface area contributed by atoms with Gasteiger partial charge in [0.15, 0.2) is 0 Å². The summed E-state index contributed by atoms with van der Waals surface area (Å²) in [6, 6.07) is 0.439. The lowest BCUT2D eigenvalue weighted by Crippen LogP contribution is -2.25. The fourth-order valence-corrected chi connectivity index (χ4v) is 1.70. The van der Waals surface area contributed by atoms with Gasteiger partial charge in [0.05, 0.1) is 5.75 Å². The predicted octanol–water partition coefficient (Wildman–Crippen LogP) is 0.809. The molecule has 3 nitrogen and oxygen atoms in total. The van der Waals surface area contributed by atoms with Crippen molar-refractivity contribution in [3.63, 3.8) is 0 Å². The number of rotatable bonds is 6. The van der Waals surface area contributed by atoms with Gasteiger partial charge in [-0.05, 0) is 13.0 Å². The van der Waals surface area contributed by atoms with E-state index in [-0.39, 0.29) is 5.75 Å². The highest BCUT2D eigenvalue weighted by molar-refractivity contribution is 7.91. The van der Waals surface area contributed by atoms with E-state index in [1.54, 1.807) is 6.92 Å². The van der Waals surface area contributed by atoms with Crippen molar-refractivity contribution in [2.45, 2.75) is 33.2 Å². The molecule has 0 bridgehead atoms. The average Bonchev–Trinajstić information content (AvgIpc) is 1.98. The molecule has 0 aliphatic heterocycles. The molecular formula is C8H19NO2S. The Hall–Kier alpha value is -0.0900. The second-order valence-corrected chi connectivity index (χ2v) is 5.67. The van der Waals surface area contributed by atoms with Crippen LogP contribution in [0.15, 0.2) is 0 Å². The summed E-state index contributed by atoms with van der Waals surface area (Å²) in [7, 11) is -2.76. The van der Waals surface area contributed by atoms with Gasteiger partial charge in [0.1, 0.15) is 9.84 Å². The lowest BCUT2D eigenvalue weighted by molar-refractivity contribution is 0.569. The van der Waals surface area contributed by atoms with Crippen molar-refractivity contribution in [2.24, 2.45) is 0 Å². The standard InChI is InChI=1S/C8H19NO2S/c1-4-12(10,11)7-5-6-9-8(2)3/h8-9H,4-7H2,1-3H3. The summed E-state index contributed by atoms with van der Waals surface area (Å²) in [5.74, 6) is 0.567. The van der Waals surface area contributed by atoms with Crippen LogP contribution in [-0.2, 0) is 9.84 Å². The van der Waals surface area contributed by atoms with E-state index < -0.39 is 9.84 Å². The molecule has 0 fully saturated rings. The predicted molar refractivity (Wildman–Crippen MR) is 52.1 cm³/mol. The Bertz CT molecular complexity index is 197. The molecule has 0 radical (unpaired) electrons. The Kier molecular flexibility index (Phi) is 5.50. The van der Waals surface area contributed by atoms with Gasteiger partial charge < -0.3 is 5.32 Å². The molecule has 1 N–H and O–H groups in total. The highest BCUT2D eigenvalue weighted by atomic mass is 32.2. The third kappa shape index (κ3) is 6.61. The first kappa shape index (κ1) is 11.9. The van der Waals surface area contributed by atoms with Crippen LogP contribution in [0.3, 0.4) is 0 Å². The first-order valence-electron chi connectivity index (χ1n) is 4.41. The van der Waals surface area contributed by atoms with Crippen molar-refractivity contribution in [1.29, 1.82) is 0 Å². The Morgan fingerprint density at radius 2 is 1.92 bits per heavy atom. The summed E-state index contributed by atoms with van der Waals surface area (Å²) >= 11 is 0. The molecule has 0 atom stereocenters.